The zero-order valence-corrected chi connectivity index (χ0v) is 16.7. The molecule has 0 amide bonds. The summed E-state index contributed by atoms with van der Waals surface area (Å²) in [6, 6.07) is 13.7. The monoisotopic (exact) mass is 397 g/mol. The summed E-state index contributed by atoms with van der Waals surface area (Å²) in [6.07, 6.45) is 4.47. The number of benzene rings is 2. The minimum absolute atomic E-state index is 0.168. The number of halogens is 1. The van der Waals surface area contributed by atoms with E-state index < -0.39 is 12.2 Å². The van der Waals surface area contributed by atoms with E-state index in [1.54, 1.807) is 13.0 Å². The molecule has 5 heteroatoms. The van der Waals surface area contributed by atoms with E-state index >= 15 is 0 Å². The molecule has 1 saturated carbocycles. The third-order valence-corrected chi connectivity index (χ3v) is 5.61. The van der Waals surface area contributed by atoms with Crippen molar-refractivity contribution in [3.05, 3.63) is 71.2 Å². The standard InChI is InChI=1S/C24H28FNO3/c1-16(28)11-21(14-27)29-15-26-13-20(24-22(25)3-2-4-23(24)26)12-17-5-7-18(8-6-17)19-9-10-19/h2-8,13,16,19,21,27-28H,9-12,14-15H2,1H3/t16-,21+/m1/s1. The van der Waals surface area contributed by atoms with Crippen molar-refractivity contribution in [2.75, 3.05) is 6.61 Å². The van der Waals surface area contributed by atoms with Gasteiger partial charge in [0, 0.05) is 18.0 Å². The largest absolute Gasteiger partial charge is 0.394 e. The number of hydrogen-bond acceptors (Lipinski definition) is 3. The first-order valence-corrected chi connectivity index (χ1v) is 10.3. The molecule has 0 bridgehead atoms. The van der Waals surface area contributed by atoms with Crippen LogP contribution in [0, 0.1) is 5.82 Å². The highest BCUT2D eigenvalue weighted by Crippen LogP contribution is 2.40. The van der Waals surface area contributed by atoms with Gasteiger partial charge in [-0.25, -0.2) is 4.39 Å². The second-order valence-corrected chi connectivity index (χ2v) is 8.14. The predicted octanol–water partition coefficient (Wildman–Crippen LogP) is 4.35. The van der Waals surface area contributed by atoms with Gasteiger partial charge in [-0.2, -0.15) is 0 Å². The number of aliphatic hydroxyl groups excluding tert-OH is 2. The molecule has 1 aliphatic carbocycles. The first-order chi connectivity index (χ1) is 14.0. The van der Waals surface area contributed by atoms with Crippen LogP contribution in [0.4, 0.5) is 4.39 Å². The number of hydrogen-bond donors (Lipinski definition) is 2. The van der Waals surface area contributed by atoms with Crippen molar-refractivity contribution in [1.82, 2.24) is 4.57 Å². The van der Waals surface area contributed by atoms with Crippen molar-refractivity contribution in [2.45, 2.75) is 57.5 Å². The number of ether oxygens (including phenoxy) is 1. The van der Waals surface area contributed by atoms with Gasteiger partial charge in [0.1, 0.15) is 12.5 Å². The van der Waals surface area contributed by atoms with Crippen LogP contribution in [-0.4, -0.2) is 33.6 Å². The number of rotatable bonds is 9. The normalized spacial score (nSPS) is 16.3. The highest BCUT2D eigenvalue weighted by Gasteiger charge is 2.23. The molecule has 154 valence electrons. The summed E-state index contributed by atoms with van der Waals surface area (Å²) in [7, 11) is 0. The van der Waals surface area contributed by atoms with E-state index in [0.29, 0.717) is 18.2 Å². The summed E-state index contributed by atoms with van der Waals surface area (Å²) in [5.74, 6) is 0.482. The van der Waals surface area contributed by atoms with Crippen LogP contribution in [0.2, 0.25) is 0 Å². The fourth-order valence-electron chi connectivity index (χ4n) is 3.94. The third-order valence-electron chi connectivity index (χ3n) is 5.61. The molecule has 2 atom stereocenters. The van der Waals surface area contributed by atoms with Crippen LogP contribution in [-0.2, 0) is 17.9 Å². The Balaban J connectivity index is 1.57. The lowest BCUT2D eigenvalue weighted by Crippen LogP contribution is -2.23. The molecule has 29 heavy (non-hydrogen) atoms. The van der Waals surface area contributed by atoms with Crippen LogP contribution in [0.1, 0.15) is 48.8 Å². The Hall–Kier alpha value is -2.21. The molecule has 2 aromatic carbocycles. The molecular weight excluding hydrogens is 369 g/mol. The molecule has 0 radical (unpaired) electrons. The minimum atomic E-state index is -0.555. The topological polar surface area (TPSA) is 54.6 Å². The molecule has 1 heterocycles. The van der Waals surface area contributed by atoms with Crippen LogP contribution in [0.3, 0.4) is 0 Å². The fraction of sp³-hybridized carbons (Fsp3) is 0.417. The van der Waals surface area contributed by atoms with Gasteiger partial charge in [-0.05, 0) is 60.9 Å². The van der Waals surface area contributed by atoms with Gasteiger partial charge in [0.2, 0.25) is 0 Å². The lowest BCUT2D eigenvalue weighted by atomic mass is 10.0. The third kappa shape index (κ3) is 4.69. The zero-order chi connectivity index (χ0) is 20.4. The van der Waals surface area contributed by atoms with E-state index in [1.807, 2.05) is 16.8 Å². The van der Waals surface area contributed by atoms with Crippen molar-refractivity contribution in [3.8, 4) is 0 Å². The van der Waals surface area contributed by atoms with Crippen molar-refractivity contribution in [1.29, 1.82) is 0 Å². The van der Waals surface area contributed by atoms with Crippen LogP contribution >= 0.6 is 0 Å². The van der Waals surface area contributed by atoms with Crippen LogP contribution < -0.4 is 0 Å². The summed E-state index contributed by atoms with van der Waals surface area (Å²) in [5, 5.41) is 19.6. The van der Waals surface area contributed by atoms with E-state index in [-0.39, 0.29) is 19.2 Å². The van der Waals surface area contributed by atoms with Gasteiger partial charge < -0.3 is 19.5 Å². The molecule has 3 aromatic rings. The molecule has 1 aromatic heterocycles. The Morgan fingerprint density at radius 2 is 1.93 bits per heavy atom. The molecule has 4 nitrogen and oxygen atoms in total. The SMILES string of the molecule is C[C@@H](O)C[C@@H](CO)OCn1cc(Cc2ccc(C3CC3)cc2)c2c(F)cccc21. The predicted molar refractivity (Wildman–Crippen MR) is 111 cm³/mol. The van der Waals surface area contributed by atoms with E-state index in [9.17, 15) is 14.6 Å². The maximum atomic E-state index is 14.7. The Labute approximate surface area is 170 Å². The number of fused-ring (bicyclic) bond motifs is 1. The first kappa shape index (κ1) is 20.1. The minimum Gasteiger partial charge on any atom is -0.394 e. The molecular formula is C24H28FNO3. The second-order valence-electron chi connectivity index (χ2n) is 8.14. The number of nitrogens with zero attached hydrogens (tertiary/aromatic N) is 1. The maximum Gasteiger partial charge on any atom is 0.132 e. The summed E-state index contributed by atoms with van der Waals surface area (Å²) in [4.78, 5) is 0. The van der Waals surface area contributed by atoms with Gasteiger partial charge in [0.25, 0.3) is 0 Å². The molecule has 1 aliphatic rings. The maximum absolute atomic E-state index is 14.7. The second kappa shape index (κ2) is 8.66. The van der Waals surface area contributed by atoms with Crippen molar-refractivity contribution in [2.24, 2.45) is 0 Å². The Morgan fingerprint density at radius 3 is 2.59 bits per heavy atom. The molecule has 4 rings (SSSR count). The Kier molecular flexibility index (Phi) is 5.99. The van der Waals surface area contributed by atoms with Gasteiger partial charge in [-0.15, -0.1) is 0 Å². The molecule has 0 unspecified atom stereocenters. The number of aliphatic hydroxyl groups is 2. The average Bonchev–Trinajstić information content (AvgIpc) is 3.49. The highest BCUT2D eigenvalue weighted by molar-refractivity contribution is 5.85. The smallest absolute Gasteiger partial charge is 0.132 e. The number of aromatic nitrogens is 1. The van der Waals surface area contributed by atoms with Crippen molar-refractivity contribution >= 4 is 10.9 Å². The van der Waals surface area contributed by atoms with E-state index in [4.69, 9.17) is 4.74 Å². The average molecular weight is 397 g/mol. The quantitative estimate of drug-likeness (QED) is 0.564. The van der Waals surface area contributed by atoms with Gasteiger partial charge in [-0.1, -0.05) is 30.3 Å². The van der Waals surface area contributed by atoms with Crippen molar-refractivity contribution in [3.63, 3.8) is 0 Å². The van der Waals surface area contributed by atoms with Gasteiger partial charge in [0.15, 0.2) is 0 Å². The van der Waals surface area contributed by atoms with Crippen LogP contribution in [0.5, 0.6) is 0 Å². The fourth-order valence-corrected chi connectivity index (χ4v) is 3.94. The Morgan fingerprint density at radius 1 is 1.17 bits per heavy atom. The molecule has 0 aliphatic heterocycles. The van der Waals surface area contributed by atoms with E-state index in [1.165, 1.54) is 24.5 Å². The summed E-state index contributed by atoms with van der Waals surface area (Å²) >= 11 is 0. The highest BCUT2D eigenvalue weighted by atomic mass is 19.1. The molecule has 2 N–H and O–H groups in total. The summed E-state index contributed by atoms with van der Waals surface area (Å²) < 4.78 is 22.3. The lowest BCUT2D eigenvalue weighted by Gasteiger charge is -2.17. The molecule has 1 fully saturated rings. The zero-order valence-electron chi connectivity index (χ0n) is 16.7. The van der Waals surface area contributed by atoms with E-state index in [2.05, 4.69) is 24.3 Å². The summed E-state index contributed by atoms with van der Waals surface area (Å²) in [6.45, 7) is 1.69. The molecule has 0 saturated heterocycles. The van der Waals surface area contributed by atoms with E-state index in [0.717, 1.165) is 22.6 Å². The van der Waals surface area contributed by atoms with Gasteiger partial charge in [-0.3, -0.25) is 0 Å². The Bertz CT molecular complexity index is 960. The van der Waals surface area contributed by atoms with Gasteiger partial charge >= 0.3 is 0 Å². The van der Waals surface area contributed by atoms with Crippen LogP contribution in [0.15, 0.2) is 48.7 Å². The first-order valence-electron chi connectivity index (χ1n) is 10.3. The summed E-state index contributed by atoms with van der Waals surface area (Å²) in [5.41, 5.74) is 4.23. The molecule has 0 spiro atoms. The van der Waals surface area contributed by atoms with Gasteiger partial charge in [0.05, 0.1) is 24.3 Å². The lowest BCUT2D eigenvalue weighted by molar-refractivity contribution is -0.0432. The van der Waals surface area contributed by atoms with Crippen LogP contribution in [0.25, 0.3) is 10.9 Å². The van der Waals surface area contributed by atoms with Crippen molar-refractivity contribution < 1.29 is 19.3 Å².